The van der Waals surface area contributed by atoms with Crippen molar-refractivity contribution in [2.24, 2.45) is 11.1 Å². The molecule has 2 aromatic rings. The standard InChI is InChI=1S/C20H26N4O2/c1-4-16-10-15(6-5-9-21)7-8-17(16)18-11-24(23-22-18)12-19-25-13-20(2,3)14-26-19/h7-8,10-11,19H,4,9,12-14,21H2,1-3H3. The van der Waals surface area contributed by atoms with E-state index < -0.39 is 0 Å². The molecular weight excluding hydrogens is 328 g/mol. The average Bonchev–Trinajstić information content (AvgIpc) is 3.09. The molecule has 0 amide bonds. The summed E-state index contributed by atoms with van der Waals surface area (Å²) in [7, 11) is 0. The second-order valence-electron chi connectivity index (χ2n) is 7.27. The van der Waals surface area contributed by atoms with Gasteiger partial charge in [-0.1, -0.05) is 43.9 Å². The minimum atomic E-state index is -0.280. The highest BCUT2D eigenvalue weighted by Gasteiger charge is 2.28. The van der Waals surface area contributed by atoms with E-state index >= 15 is 0 Å². The molecule has 1 aliphatic rings. The molecule has 1 aromatic carbocycles. The third-order valence-corrected chi connectivity index (χ3v) is 4.29. The van der Waals surface area contributed by atoms with Crippen LogP contribution in [0.3, 0.4) is 0 Å². The smallest absolute Gasteiger partial charge is 0.177 e. The van der Waals surface area contributed by atoms with Crippen LogP contribution in [-0.2, 0) is 22.4 Å². The molecule has 0 bridgehead atoms. The molecule has 138 valence electrons. The summed E-state index contributed by atoms with van der Waals surface area (Å²) in [6.07, 6.45) is 2.55. The lowest BCUT2D eigenvalue weighted by atomic mass is 9.96. The summed E-state index contributed by atoms with van der Waals surface area (Å²) >= 11 is 0. The molecule has 1 aliphatic heterocycles. The van der Waals surface area contributed by atoms with Gasteiger partial charge in [-0.3, -0.25) is 0 Å². The first-order valence-corrected chi connectivity index (χ1v) is 8.96. The molecule has 0 radical (unpaired) electrons. The summed E-state index contributed by atoms with van der Waals surface area (Å²) in [6, 6.07) is 6.13. The topological polar surface area (TPSA) is 75.2 Å². The van der Waals surface area contributed by atoms with E-state index in [0.29, 0.717) is 26.3 Å². The molecule has 26 heavy (non-hydrogen) atoms. The minimum Gasteiger partial charge on any atom is -0.350 e. The van der Waals surface area contributed by atoms with Crippen LogP contribution in [0, 0.1) is 17.3 Å². The van der Waals surface area contributed by atoms with Gasteiger partial charge in [-0.05, 0) is 24.1 Å². The molecular formula is C20H26N4O2. The number of ether oxygens (including phenoxy) is 2. The van der Waals surface area contributed by atoms with E-state index in [0.717, 1.165) is 23.2 Å². The summed E-state index contributed by atoms with van der Waals surface area (Å²) in [5.41, 5.74) is 9.58. The van der Waals surface area contributed by atoms with Crippen molar-refractivity contribution in [1.29, 1.82) is 0 Å². The molecule has 1 saturated heterocycles. The van der Waals surface area contributed by atoms with E-state index in [1.54, 1.807) is 4.68 Å². The van der Waals surface area contributed by atoms with Gasteiger partial charge in [0, 0.05) is 16.5 Å². The zero-order chi connectivity index (χ0) is 18.6. The van der Waals surface area contributed by atoms with Crippen LogP contribution in [0.5, 0.6) is 0 Å². The highest BCUT2D eigenvalue weighted by atomic mass is 16.7. The minimum absolute atomic E-state index is 0.0641. The van der Waals surface area contributed by atoms with E-state index in [-0.39, 0.29) is 11.7 Å². The number of aryl methyl sites for hydroxylation is 1. The second-order valence-corrected chi connectivity index (χ2v) is 7.27. The molecule has 2 heterocycles. The Morgan fingerprint density at radius 1 is 1.31 bits per heavy atom. The fourth-order valence-electron chi connectivity index (χ4n) is 2.86. The van der Waals surface area contributed by atoms with Crippen molar-refractivity contribution in [2.45, 2.75) is 40.0 Å². The number of aromatic nitrogens is 3. The number of nitrogens with zero attached hydrogens (tertiary/aromatic N) is 3. The summed E-state index contributed by atoms with van der Waals surface area (Å²) in [5.74, 6) is 5.96. The Kier molecular flexibility index (Phi) is 5.72. The van der Waals surface area contributed by atoms with Crippen molar-refractivity contribution in [3.05, 3.63) is 35.5 Å². The fraction of sp³-hybridized carbons (Fsp3) is 0.500. The molecule has 3 rings (SSSR count). The molecule has 6 nitrogen and oxygen atoms in total. The Morgan fingerprint density at radius 3 is 2.77 bits per heavy atom. The molecule has 0 spiro atoms. The lowest BCUT2D eigenvalue weighted by molar-refractivity contribution is -0.227. The first-order chi connectivity index (χ1) is 12.5. The van der Waals surface area contributed by atoms with Crippen molar-refractivity contribution >= 4 is 0 Å². The maximum absolute atomic E-state index is 5.77. The van der Waals surface area contributed by atoms with Crippen molar-refractivity contribution in [2.75, 3.05) is 19.8 Å². The third-order valence-electron chi connectivity index (χ3n) is 4.29. The van der Waals surface area contributed by atoms with Crippen molar-refractivity contribution in [3.8, 4) is 23.1 Å². The zero-order valence-electron chi connectivity index (χ0n) is 15.7. The lowest BCUT2D eigenvalue weighted by Crippen LogP contribution is -2.39. The van der Waals surface area contributed by atoms with Crippen LogP contribution >= 0.6 is 0 Å². The van der Waals surface area contributed by atoms with Crippen LogP contribution in [0.15, 0.2) is 24.4 Å². The van der Waals surface area contributed by atoms with Gasteiger partial charge in [0.05, 0.1) is 32.5 Å². The van der Waals surface area contributed by atoms with Crippen molar-refractivity contribution in [3.63, 3.8) is 0 Å². The van der Waals surface area contributed by atoms with Gasteiger partial charge in [-0.2, -0.15) is 0 Å². The number of rotatable bonds is 4. The molecule has 0 unspecified atom stereocenters. The monoisotopic (exact) mass is 354 g/mol. The predicted molar refractivity (Wildman–Crippen MR) is 100 cm³/mol. The van der Waals surface area contributed by atoms with Gasteiger partial charge in [-0.15, -0.1) is 5.10 Å². The first kappa shape index (κ1) is 18.6. The molecule has 2 N–H and O–H groups in total. The predicted octanol–water partition coefficient (Wildman–Crippen LogP) is 2.22. The quantitative estimate of drug-likeness (QED) is 0.852. The van der Waals surface area contributed by atoms with Crippen molar-refractivity contribution < 1.29 is 9.47 Å². The SMILES string of the molecule is CCc1cc(C#CCN)ccc1-c1cn(CC2OCC(C)(C)CO2)nn1. The molecule has 0 saturated carbocycles. The number of hydrogen-bond donors (Lipinski definition) is 1. The van der Waals surface area contributed by atoms with Crippen LogP contribution in [0.1, 0.15) is 31.9 Å². The van der Waals surface area contributed by atoms with Crippen LogP contribution in [-0.4, -0.2) is 41.0 Å². The van der Waals surface area contributed by atoms with Gasteiger partial charge in [0.1, 0.15) is 5.69 Å². The van der Waals surface area contributed by atoms with E-state index in [1.807, 2.05) is 18.3 Å². The maximum Gasteiger partial charge on any atom is 0.177 e. The summed E-state index contributed by atoms with van der Waals surface area (Å²) in [6.45, 7) is 8.64. The third kappa shape index (κ3) is 4.50. The Labute approximate surface area is 154 Å². The average molecular weight is 354 g/mol. The zero-order valence-corrected chi connectivity index (χ0v) is 15.7. The second kappa shape index (κ2) is 8.00. The van der Waals surface area contributed by atoms with Gasteiger partial charge in [0.15, 0.2) is 6.29 Å². The van der Waals surface area contributed by atoms with Gasteiger partial charge in [0.25, 0.3) is 0 Å². The Hall–Kier alpha value is -2.20. The Balaban J connectivity index is 1.73. The van der Waals surface area contributed by atoms with Gasteiger partial charge in [0.2, 0.25) is 0 Å². The van der Waals surface area contributed by atoms with E-state index in [2.05, 4.69) is 49.0 Å². The molecule has 6 heteroatoms. The summed E-state index contributed by atoms with van der Waals surface area (Å²) < 4.78 is 13.3. The highest BCUT2D eigenvalue weighted by molar-refractivity contribution is 5.64. The van der Waals surface area contributed by atoms with Crippen LogP contribution in [0.2, 0.25) is 0 Å². The maximum atomic E-state index is 5.77. The Morgan fingerprint density at radius 2 is 2.08 bits per heavy atom. The largest absolute Gasteiger partial charge is 0.350 e. The van der Waals surface area contributed by atoms with E-state index in [1.165, 1.54) is 5.56 Å². The molecule has 1 fully saturated rings. The number of benzene rings is 1. The number of hydrogen-bond acceptors (Lipinski definition) is 5. The van der Waals surface area contributed by atoms with Crippen molar-refractivity contribution in [1.82, 2.24) is 15.0 Å². The van der Waals surface area contributed by atoms with E-state index in [4.69, 9.17) is 15.2 Å². The van der Waals surface area contributed by atoms with E-state index in [9.17, 15) is 0 Å². The van der Waals surface area contributed by atoms with Crippen LogP contribution in [0.4, 0.5) is 0 Å². The summed E-state index contributed by atoms with van der Waals surface area (Å²) in [4.78, 5) is 0. The number of nitrogens with two attached hydrogens (primary N) is 1. The van der Waals surface area contributed by atoms with Crippen LogP contribution in [0.25, 0.3) is 11.3 Å². The normalized spacial score (nSPS) is 16.9. The first-order valence-electron chi connectivity index (χ1n) is 8.96. The molecule has 1 aromatic heterocycles. The highest BCUT2D eigenvalue weighted by Crippen LogP contribution is 2.25. The van der Waals surface area contributed by atoms with Gasteiger partial charge in [-0.25, -0.2) is 4.68 Å². The summed E-state index contributed by atoms with van der Waals surface area (Å²) in [5, 5.41) is 8.56. The van der Waals surface area contributed by atoms with Gasteiger partial charge >= 0.3 is 0 Å². The molecule has 0 aliphatic carbocycles. The van der Waals surface area contributed by atoms with Crippen LogP contribution < -0.4 is 5.73 Å². The Bertz CT molecular complexity index is 807. The van der Waals surface area contributed by atoms with Gasteiger partial charge < -0.3 is 15.2 Å². The lowest BCUT2D eigenvalue weighted by Gasteiger charge is -2.34. The fourth-order valence-corrected chi connectivity index (χ4v) is 2.86. The molecule has 0 atom stereocenters.